The SMILES string of the molecule is C[C@H](CN(Cc1ccccn1)Cc1cc(Cl)ccc1O)N(Cc1ccccn1)Cc1cc(Cl)ccc1O. The highest BCUT2D eigenvalue weighted by Gasteiger charge is 2.21. The molecule has 0 spiro atoms. The fourth-order valence-electron chi connectivity index (χ4n) is 4.28. The molecule has 0 fully saturated rings. The molecule has 2 N–H and O–H groups in total. The summed E-state index contributed by atoms with van der Waals surface area (Å²) < 4.78 is 0. The molecule has 2 aromatic carbocycles. The third kappa shape index (κ3) is 7.91. The van der Waals surface area contributed by atoms with Crippen LogP contribution < -0.4 is 0 Å². The van der Waals surface area contributed by atoms with Gasteiger partial charge in [0.15, 0.2) is 0 Å². The van der Waals surface area contributed by atoms with Crippen molar-refractivity contribution in [3.05, 3.63) is 118 Å². The van der Waals surface area contributed by atoms with E-state index in [1.54, 1.807) is 48.8 Å². The number of aromatic nitrogens is 2. The molecule has 0 radical (unpaired) electrons. The van der Waals surface area contributed by atoms with Gasteiger partial charge in [-0.2, -0.15) is 0 Å². The molecule has 2 heterocycles. The van der Waals surface area contributed by atoms with Crippen LogP contribution in [0.4, 0.5) is 0 Å². The van der Waals surface area contributed by atoms with Crippen molar-refractivity contribution in [3.63, 3.8) is 0 Å². The Balaban J connectivity index is 1.60. The summed E-state index contributed by atoms with van der Waals surface area (Å²) in [5.74, 6) is 0.411. The van der Waals surface area contributed by atoms with Crippen LogP contribution in [-0.2, 0) is 26.2 Å². The van der Waals surface area contributed by atoms with Gasteiger partial charge in [0.25, 0.3) is 0 Å². The van der Waals surface area contributed by atoms with Crippen LogP contribution in [-0.4, -0.2) is 42.6 Å². The molecule has 0 saturated carbocycles. The number of rotatable bonds is 11. The average molecular weight is 537 g/mol. The van der Waals surface area contributed by atoms with Gasteiger partial charge in [0.05, 0.1) is 11.4 Å². The van der Waals surface area contributed by atoms with Gasteiger partial charge < -0.3 is 10.2 Å². The fourth-order valence-corrected chi connectivity index (χ4v) is 4.67. The highest BCUT2D eigenvalue weighted by atomic mass is 35.5. The van der Waals surface area contributed by atoms with Crippen molar-refractivity contribution in [3.8, 4) is 11.5 Å². The summed E-state index contributed by atoms with van der Waals surface area (Å²) in [5, 5.41) is 22.1. The van der Waals surface area contributed by atoms with E-state index in [1.807, 2.05) is 36.4 Å². The Labute approximate surface area is 227 Å². The Kier molecular flexibility index (Phi) is 9.36. The highest BCUT2D eigenvalue weighted by molar-refractivity contribution is 6.31. The number of phenolic OH excluding ortho intramolecular Hbond substituents is 2. The summed E-state index contributed by atoms with van der Waals surface area (Å²) in [4.78, 5) is 13.5. The zero-order valence-corrected chi connectivity index (χ0v) is 22.1. The van der Waals surface area contributed by atoms with Crippen LogP contribution in [0, 0.1) is 0 Å². The van der Waals surface area contributed by atoms with Gasteiger partial charge in [-0.25, -0.2) is 0 Å². The molecule has 0 amide bonds. The lowest BCUT2D eigenvalue weighted by atomic mass is 10.1. The molecule has 6 nitrogen and oxygen atoms in total. The minimum absolute atomic E-state index is 0.0467. The maximum atomic E-state index is 10.5. The zero-order chi connectivity index (χ0) is 26.2. The molecule has 0 aliphatic heterocycles. The third-order valence-electron chi connectivity index (χ3n) is 6.20. The number of halogens is 2. The smallest absolute Gasteiger partial charge is 0.120 e. The molecule has 0 unspecified atom stereocenters. The van der Waals surface area contributed by atoms with Gasteiger partial charge in [0.1, 0.15) is 11.5 Å². The van der Waals surface area contributed by atoms with Crippen molar-refractivity contribution in [1.82, 2.24) is 19.8 Å². The van der Waals surface area contributed by atoms with E-state index in [2.05, 4.69) is 26.7 Å². The van der Waals surface area contributed by atoms with E-state index < -0.39 is 0 Å². The standard InChI is InChI=1S/C29H30Cl2N4O2/c1-21(35(20-27-7-3-5-13-33-27)18-23-15-25(31)9-11-29(23)37)16-34(19-26-6-2-4-12-32-26)17-22-14-24(30)8-10-28(22)36/h2-15,21,36-37H,16-20H2,1H3/t21-/m1/s1. The summed E-state index contributed by atoms with van der Waals surface area (Å²) in [6.07, 6.45) is 3.56. The normalized spacial score (nSPS) is 12.2. The van der Waals surface area contributed by atoms with E-state index in [4.69, 9.17) is 23.2 Å². The second kappa shape index (κ2) is 12.9. The first-order valence-corrected chi connectivity index (χ1v) is 12.8. The summed E-state index contributed by atoms with van der Waals surface area (Å²) >= 11 is 12.5. The summed E-state index contributed by atoms with van der Waals surface area (Å²) in [6, 6.07) is 21.9. The predicted molar refractivity (Wildman–Crippen MR) is 148 cm³/mol. The molecule has 0 bridgehead atoms. The van der Waals surface area contributed by atoms with Crippen molar-refractivity contribution in [2.75, 3.05) is 6.54 Å². The monoisotopic (exact) mass is 536 g/mol. The Bertz CT molecular complexity index is 1290. The van der Waals surface area contributed by atoms with Crippen LogP contribution in [0.3, 0.4) is 0 Å². The van der Waals surface area contributed by atoms with Crippen molar-refractivity contribution < 1.29 is 10.2 Å². The molecule has 37 heavy (non-hydrogen) atoms. The molecule has 4 aromatic rings. The Hall–Kier alpha value is -3.16. The van der Waals surface area contributed by atoms with Gasteiger partial charge in [0, 0.05) is 72.3 Å². The van der Waals surface area contributed by atoms with E-state index in [0.717, 1.165) is 22.5 Å². The number of hydrogen-bond acceptors (Lipinski definition) is 6. The number of pyridine rings is 2. The van der Waals surface area contributed by atoms with Crippen LogP contribution in [0.1, 0.15) is 29.4 Å². The van der Waals surface area contributed by atoms with Crippen molar-refractivity contribution in [1.29, 1.82) is 0 Å². The Morgan fingerprint density at radius 2 is 1.24 bits per heavy atom. The van der Waals surface area contributed by atoms with Crippen molar-refractivity contribution in [2.24, 2.45) is 0 Å². The Morgan fingerprint density at radius 1 is 0.703 bits per heavy atom. The van der Waals surface area contributed by atoms with Crippen LogP contribution in [0.5, 0.6) is 11.5 Å². The van der Waals surface area contributed by atoms with Gasteiger partial charge >= 0.3 is 0 Å². The first kappa shape index (κ1) is 26.9. The quantitative estimate of drug-likeness (QED) is 0.234. The number of aromatic hydroxyl groups is 2. The van der Waals surface area contributed by atoms with Crippen LogP contribution in [0.2, 0.25) is 10.0 Å². The van der Waals surface area contributed by atoms with Gasteiger partial charge in [-0.15, -0.1) is 0 Å². The maximum absolute atomic E-state index is 10.5. The summed E-state index contributed by atoms with van der Waals surface area (Å²) in [6.45, 7) is 4.98. The molecule has 4 rings (SSSR count). The van der Waals surface area contributed by atoms with Crippen LogP contribution in [0.15, 0.2) is 85.2 Å². The summed E-state index contributed by atoms with van der Waals surface area (Å²) in [5.41, 5.74) is 3.36. The number of benzene rings is 2. The van der Waals surface area contributed by atoms with E-state index in [9.17, 15) is 10.2 Å². The average Bonchev–Trinajstić information content (AvgIpc) is 2.89. The van der Waals surface area contributed by atoms with Gasteiger partial charge in [-0.05, 0) is 67.6 Å². The molecular formula is C29H30Cl2N4O2. The number of hydrogen-bond donors (Lipinski definition) is 2. The van der Waals surface area contributed by atoms with Gasteiger partial charge in [-0.3, -0.25) is 19.8 Å². The molecule has 2 aromatic heterocycles. The van der Waals surface area contributed by atoms with E-state index >= 15 is 0 Å². The molecule has 8 heteroatoms. The Morgan fingerprint density at radius 3 is 1.78 bits per heavy atom. The number of nitrogens with zero attached hydrogens (tertiary/aromatic N) is 4. The highest BCUT2D eigenvalue weighted by Crippen LogP contribution is 2.26. The first-order valence-electron chi connectivity index (χ1n) is 12.1. The lowest BCUT2D eigenvalue weighted by Crippen LogP contribution is -2.41. The van der Waals surface area contributed by atoms with Crippen LogP contribution >= 0.6 is 23.2 Å². The van der Waals surface area contributed by atoms with Crippen molar-refractivity contribution >= 4 is 23.2 Å². The largest absolute Gasteiger partial charge is 0.508 e. The van der Waals surface area contributed by atoms with Crippen LogP contribution in [0.25, 0.3) is 0 Å². The molecule has 0 aliphatic carbocycles. The van der Waals surface area contributed by atoms with E-state index in [1.165, 1.54) is 0 Å². The topological polar surface area (TPSA) is 72.7 Å². The molecule has 0 saturated heterocycles. The molecular weight excluding hydrogens is 507 g/mol. The minimum Gasteiger partial charge on any atom is -0.508 e. The second-order valence-corrected chi connectivity index (χ2v) is 9.98. The zero-order valence-electron chi connectivity index (χ0n) is 20.6. The lowest BCUT2D eigenvalue weighted by molar-refractivity contribution is 0.124. The van der Waals surface area contributed by atoms with Gasteiger partial charge in [-0.1, -0.05) is 35.3 Å². The molecule has 1 atom stereocenters. The van der Waals surface area contributed by atoms with E-state index in [0.29, 0.717) is 42.8 Å². The molecule has 192 valence electrons. The van der Waals surface area contributed by atoms with Crippen molar-refractivity contribution in [2.45, 2.75) is 39.1 Å². The fraction of sp³-hybridized carbons (Fsp3) is 0.241. The maximum Gasteiger partial charge on any atom is 0.120 e. The molecule has 0 aliphatic rings. The predicted octanol–water partition coefficient (Wildman–Crippen LogP) is 6.29. The number of phenols is 2. The minimum atomic E-state index is 0.0467. The third-order valence-corrected chi connectivity index (χ3v) is 6.67. The second-order valence-electron chi connectivity index (χ2n) is 9.11. The van der Waals surface area contributed by atoms with E-state index in [-0.39, 0.29) is 17.5 Å². The van der Waals surface area contributed by atoms with Gasteiger partial charge in [0.2, 0.25) is 0 Å². The lowest BCUT2D eigenvalue weighted by Gasteiger charge is -2.34. The summed E-state index contributed by atoms with van der Waals surface area (Å²) in [7, 11) is 0. The first-order chi connectivity index (χ1) is 17.9.